The van der Waals surface area contributed by atoms with Gasteiger partial charge in [-0.3, -0.25) is 0 Å². The topological polar surface area (TPSA) is 73.6 Å². The van der Waals surface area contributed by atoms with E-state index in [1.807, 2.05) is 103 Å². The molecule has 5 heteroatoms. The second-order valence-corrected chi connectivity index (χ2v) is 7.67. The van der Waals surface area contributed by atoms with Gasteiger partial charge in [0.15, 0.2) is 5.96 Å². The van der Waals surface area contributed by atoms with Crippen LogP contribution in [0, 0.1) is 0 Å². The maximum atomic E-state index is 6.01. The molecule has 4 nitrogen and oxygen atoms in total. The number of benzene rings is 4. The Morgan fingerprint density at radius 1 is 0.750 bits per heavy atom. The van der Waals surface area contributed by atoms with Crippen molar-refractivity contribution in [2.75, 3.05) is 0 Å². The van der Waals surface area contributed by atoms with Gasteiger partial charge in [0.1, 0.15) is 12.4 Å². The summed E-state index contributed by atoms with van der Waals surface area (Å²) in [7, 11) is 0. The first-order valence-corrected chi connectivity index (χ1v) is 10.6. The summed E-state index contributed by atoms with van der Waals surface area (Å²) >= 11 is 5.74. The van der Waals surface area contributed by atoms with E-state index in [1.54, 1.807) is 0 Å². The van der Waals surface area contributed by atoms with Crippen molar-refractivity contribution >= 4 is 28.7 Å². The van der Waals surface area contributed by atoms with Gasteiger partial charge < -0.3 is 16.2 Å². The first-order chi connectivity index (χ1) is 15.6. The van der Waals surface area contributed by atoms with E-state index < -0.39 is 0 Å². The number of nitrogens with zero attached hydrogens (tertiary/aromatic N) is 1. The predicted octanol–water partition coefficient (Wildman–Crippen LogP) is 5.60. The summed E-state index contributed by atoms with van der Waals surface area (Å²) < 4.78 is 6.01. The third kappa shape index (κ3) is 5.20. The van der Waals surface area contributed by atoms with Crippen LogP contribution in [0.4, 0.5) is 5.69 Å². The molecule has 0 saturated heterocycles. The molecule has 0 radical (unpaired) electrons. The minimum atomic E-state index is 0.00104. The Morgan fingerprint density at radius 2 is 1.47 bits per heavy atom. The molecule has 4 rings (SSSR count). The molecule has 0 fully saturated rings. The molecular formula is C27H23N3OS. The molecular weight excluding hydrogens is 414 g/mol. The van der Waals surface area contributed by atoms with Crippen molar-refractivity contribution in [3.8, 4) is 16.9 Å². The zero-order chi connectivity index (χ0) is 22.3. The summed E-state index contributed by atoms with van der Waals surface area (Å²) in [5.74, 6) is 0.763. The summed E-state index contributed by atoms with van der Waals surface area (Å²) in [5, 5.41) is 0. The molecule has 158 valence electrons. The highest BCUT2D eigenvalue weighted by atomic mass is 32.1. The van der Waals surface area contributed by atoms with Gasteiger partial charge in [-0.15, -0.1) is 0 Å². The largest absolute Gasteiger partial charge is 0.489 e. The number of hydrogen-bond acceptors (Lipinski definition) is 3. The molecule has 0 aliphatic rings. The van der Waals surface area contributed by atoms with Crippen molar-refractivity contribution in [1.29, 1.82) is 0 Å². The van der Waals surface area contributed by atoms with Crippen molar-refractivity contribution in [3.05, 3.63) is 120 Å². The van der Waals surface area contributed by atoms with E-state index >= 15 is 0 Å². The molecule has 0 aliphatic carbocycles. The highest BCUT2D eigenvalue weighted by Gasteiger charge is 2.11. The van der Waals surface area contributed by atoms with Crippen LogP contribution in [0.3, 0.4) is 0 Å². The number of nitrogens with two attached hydrogens (primary N) is 2. The minimum absolute atomic E-state index is 0.00104. The third-order valence-electron chi connectivity index (χ3n) is 4.94. The predicted molar refractivity (Wildman–Crippen MR) is 135 cm³/mol. The summed E-state index contributed by atoms with van der Waals surface area (Å²) in [5.41, 5.74) is 16.9. The van der Waals surface area contributed by atoms with E-state index in [0.29, 0.717) is 12.3 Å². The fraction of sp³-hybridized carbons (Fsp3) is 0.0370. The number of guanidine groups is 1. The molecule has 0 aliphatic heterocycles. The molecule has 0 unspecified atom stereocenters. The van der Waals surface area contributed by atoms with Crippen LogP contribution >= 0.6 is 12.2 Å². The van der Waals surface area contributed by atoms with Gasteiger partial charge in [-0.2, -0.15) is 0 Å². The van der Waals surface area contributed by atoms with Crippen molar-refractivity contribution in [2.24, 2.45) is 16.5 Å². The van der Waals surface area contributed by atoms with Gasteiger partial charge in [0.25, 0.3) is 0 Å². The number of aliphatic imine (C=N–C) groups is 1. The average Bonchev–Trinajstić information content (AvgIpc) is 2.83. The minimum Gasteiger partial charge on any atom is -0.489 e. The number of rotatable bonds is 7. The van der Waals surface area contributed by atoms with Crippen molar-refractivity contribution in [2.45, 2.75) is 6.61 Å². The normalized spacial score (nSPS) is 10.4. The molecule has 0 heterocycles. The van der Waals surface area contributed by atoms with Crippen LogP contribution in [0.2, 0.25) is 0 Å². The molecule has 0 bridgehead atoms. The maximum Gasteiger partial charge on any atom is 0.191 e. The molecule has 0 atom stereocenters. The van der Waals surface area contributed by atoms with Gasteiger partial charge in [0.2, 0.25) is 0 Å². The lowest BCUT2D eigenvalue weighted by Crippen LogP contribution is -2.22. The highest BCUT2D eigenvalue weighted by molar-refractivity contribution is 7.81. The van der Waals surface area contributed by atoms with Gasteiger partial charge in [0, 0.05) is 5.56 Å². The van der Waals surface area contributed by atoms with Gasteiger partial charge >= 0.3 is 0 Å². The monoisotopic (exact) mass is 437 g/mol. The first-order valence-electron chi connectivity index (χ1n) is 10.2. The molecule has 0 saturated carbocycles. The second kappa shape index (κ2) is 9.90. The molecule has 4 aromatic carbocycles. The summed E-state index contributed by atoms with van der Waals surface area (Å²) in [6, 6.07) is 33.7. The third-order valence-corrected chi connectivity index (χ3v) is 5.41. The van der Waals surface area contributed by atoms with E-state index in [2.05, 4.69) is 4.99 Å². The van der Waals surface area contributed by atoms with Crippen LogP contribution in [0.25, 0.3) is 11.1 Å². The van der Waals surface area contributed by atoms with Crippen LogP contribution in [-0.2, 0) is 6.61 Å². The van der Waals surface area contributed by atoms with Crippen molar-refractivity contribution in [3.63, 3.8) is 0 Å². The Labute approximate surface area is 193 Å². The van der Waals surface area contributed by atoms with Crippen LogP contribution in [-0.4, -0.2) is 10.8 Å². The van der Waals surface area contributed by atoms with Crippen LogP contribution in [0.5, 0.6) is 5.75 Å². The van der Waals surface area contributed by atoms with Crippen molar-refractivity contribution in [1.82, 2.24) is 0 Å². The second-order valence-electron chi connectivity index (χ2n) is 7.27. The lowest BCUT2D eigenvalue weighted by atomic mass is 9.97. The fourth-order valence-corrected chi connectivity index (χ4v) is 3.66. The zero-order valence-corrected chi connectivity index (χ0v) is 18.3. The molecule has 0 spiro atoms. The smallest absolute Gasteiger partial charge is 0.191 e. The molecule has 4 aromatic rings. The SMILES string of the molecule is NC(N)=Nc1ccc(C(=S)c2ccccc2)cc1-c1cccc(OCc2ccccc2)c1. The van der Waals surface area contributed by atoms with E-state index in [1.165, 1.54) is 0 Å². The maximum absolute atomic E-state index is 6.01. The Hall–Kier alpha value is -3.96. The number of ether oxygens (including phenoxy) is 1. The quantitative estimate of drug-likeness (QED) is 0.171. The van der Waals surface area contributed by atoms with E-state index in [4.69, 9.17) is 28.4 Å². The molecule has 0 amide bonds. The number of hydrogen-bond donors (Lipinski definition) is 2. The van der Waals surface area contributed by atoms with Gasteiger partial charge in [0.05, 0.1) is 10.6 Å². The Balaban J connectivity index is 1.69. The Morgan fingerprint density at radius 3 is 2.19 bits per heavy atom. The zero-order valence-electron chi connectivity index (χ0n) is 17.4. The summed E-state index contributed by atoms with van der Waals surface area (Å²) in [6.07, 6.45) is 0. The summed E-state index contributed by atoms with van der Waals surface area (Å²) in [6.45, 7) is 0.489. The van der Waals surface area contributed by atoms with Crippen LogP contribution < -0.4 is 16.2 Å². The van der Waals surface area contributed by atoms with Crippen LogP contribution in [0.15, 0.2) is 108 Å². The fourth-order valence-electron chi connectivity index (χ4n) is 3.40. The molecule has 32 heavy (non-hydrogen) atoms. The lowest BCUT2D eigenvalue weighted by Gasteiger charge is -2.13. The van der Waals surface area contributed by atoms with Gasteiger partial charge in [-0.05, 0) is 46.5 Å². The average molecular weight is 438 g/mol. The van der Waals surface area contributed by atoms with Gasteiger partial charge in [-0.1, -0.05) is 91.1 Å². The van der Waals surface area contributed by atoms with E-state index in [-0.39, 0.29) is 5.96 Å². The first kappa shape index (κ1) is 21.3. The van der Waals surface area contributed by atoms with E-state index in [9.17, 15) is 0 Å². The highest BCUT2D eigenvalue weighted by Crippen LogP contribution is 2.34. The standard InChI is InChI=1S/C27H23N3OS/c28-27(29)30-25-15-14-22(26(32)20-10-5-2-6-11-20)17-24(25)21-12-7-13-23(16-21)31-18-19-8-3-1-4-9-19/h1-17H,18H2,(H4,28,29,30). The molecule has 0 aromatic heterocycles. The van der Waals surface area contributed by atoms with Gasteiger partial charge in [-0.25, -0.2) is 4.99 Å². The Kier molecular flexibility index (Phi) is 6.58. The Bertz CT molecular complexity index is 1250. The van der Waals surface area contributed by atoms with Crippen LogP contribution in [0.1, 0.15) is 16.7 Å². The van der Waals surface area contributed by atoms with E-state index in [0.717, 1.165) is 38.4 Å². The number of thiocarbonyl (C=S) groups is 1. The molecule has 4 N–H and O–H groups in total. The van der Waals surface area contributed by atoms with Crippen molar-refractivity contribution < 1.29 is 4.74 Å². The summed E-state index contributed by atoms with van der Waals surface area (Å²) in [4.78, 5) is 5.08. The lowest BCUT2D eigenvalue weighted by molar-refractivity contribution is 0.306.